The van der Waals surface area contributed by atoms with E-state index in [9.17, 15) is 13.2 Å². The summed E-state index contributed by atoms with van der Waals surface area (Å²) >= 11 is 7.35. The molecule has 104 valence electrons. The fourth-order valence-corrected chi connectivity index (χ4v) is 2.52. The van der Waals surface area contributed by atoms with Gasteiger partial charge < -0.3 is 5.73 Å². The van der Waals surface area contributed by atoms with Crippen molar-refractivity contribution in [1.29, 1.82) is 0 Å². The van der Waals surface area contributed by atoms with Crippen LogP contribution in [0.3, 0.4) is 0 Å². The average Bonchev–Trinajstić information content (AvgIpc) is 2.80. The third kappa shape index (κ3) is 3.63. The van der Waals surface area contributed by atoms with Gasteiger partial charge in [0.1, 0.15) is 0 Å². The van der Waals surface area contributed by atoms with Crippen LogP contribution in [0.15, 0.2) is 35.0 Å². The van der Waals surface area contributed by atoms with E-state index in [1.165, 1.54) is 17.4 Å². The Morgan fingerprint density at radius 3 is 2.42 bits per heavy atom. The van der Waals surface area contributed by atoms with Gasteiger partial charge in [0.25, 0.3) is 0 Å². The molecule has 1 heterocycles. The molecule has 0 spiro atoms. The van der Waals surface area contributed by atoms with Gasteiger partial charge in [0.2, 0.25) is 0 Å². The smallest absolute Gasteiger partial charge is 0.320 e. The molecule has 0 aliphatic rings. The lowest BCUT2D eigenvalue weighted by Crippen LogP contribution is -2.13. The van der Waals surface area contributed by atoms with Crippen molar-refractivity contribution < 1.29 is 13.2 Å². The second-order valence-corrected chi connectivity index (χ2v) is 4.96. The monoisotopic (exact) mass is 327 g/mol. The van der Waals surface area contributed by atoms with Crippen LogP contribution in [0.25, 0.3) is 0 Å². The fraction of sp³-hybridized carbons (Fsp3) is 0.167. The average molecular weight is 328 g/mol. The molecule has 2 rings (SSSR count). The summed E-state index contributed by atoms with van der Waals surface area (Å²) in [6.45, 7) is 0. The summed E-state index contributed by atoms with van der Waals surface area (Å²) in [5.74, 6) is 0. The number of benzene rings is 1. The highest BCUT2D eigenvalue weighted by molar-refractivity contribution is 7.08. The Hall–Kier alpha value is -0.750. The minimum absolute atomic E-state index is 0. The Labute approximate surface area is 123 Å². The minimum Gasteiger partial charge on any atom is -0.320 e. The van der Waals surface area contributed by atoms with Crippen LogP contribution in [0.2, 0.25) is 5.02 Å². The van der Waals surface area contributed by atoms with Crippen molar-refractivity contribution in [3.63, 3.8) is 0 Å². The van der Waals surface area contributed by atoms with Crippen molar-refractivity contribution in [2.24, 2.45) is 5.73 Å². The van der Waals surface area contributed by atoms with E-state index >= 15 is 0 Å². The summed E-state index contributed by atoms with van der Waals surface area (Å²) in [6.07, 6.45) is -4.40. The molecule has 0 fully saturated rings. The molecule has 2 aromatic rings. The van der Waals surface area contributed by atoms with E-state index in [0.29, 0.717) is 0 Å². The van der Waals surface area contributed by atoms with Crippen LogP contribution < -0.4 is 5.73 Å². The van der Waals surface area contributed by atoms with Gasteiger partial charge in [-0.05, 0) is 46.2 Å². The third-order valence-corrected chi connectivity index (χ3v) is 3.61. The van der Waals surface area contributed by atoms with Gasteiger partial charge in [-0.1, -0.05) is 11.6 Å². The Balaban J connectivity index is 0.00000180. The van der Waals surface area contributed by atoms with Crippen LogP contribution >= 0.6 is 35.3 Å². The lowest BCUT2D eigenvalue weighted by Gasteiger charge is -2.15. The Kier molecular flexibility index (Phi) is 5.26. The van der Waals surface area contributed by atoms with Crippen LogP contribution in [0.5, 0.6) is 0 Å². The molecule has 0 aliphatic heterocycles. The number of alkyl halides is 3. The lowest BCUT2D eigenvalue weighted by molar-refractivity contribution is -0.137. The van der Waals surface area contributed by atoms with Crippen LogP contribution in [-0.4, -0.2) is 0 Å². The maximum atomic E-state index is 12.6. The first-order chi connectivity index (χ1) is 8.39. The fourth-order valence-electron chi connectivity index (χ4n) is 1.59. The number of hydrogen-bond acceptors (Lipinski definition) is 2. The Bertz CT molecular complexity index is 540. The molecular weight excluding hydrogens is 318 g/mol. The topological polar surface area (TPSA) is 26.0 Å². The number of thiophene rings is 1. The SMILES string of the molecule is Cl.N[C@H](c1ccsc1)c1cc(C(F)(F)F)ccc1Cl. The van der Waals surface area contributed by atoms with E-state index in [1.807, 2.05) is 5.38 Å². The van der Waals surface area contributed by atoms with Crippen molar-refractivity contribution in [2.75, 3.05) is 0 Å². The van der Waals surface area contributed by atoms with Crippen LogP contribution in [0, 0.1) is 0 Å². The van der Waals surface area contributed by atoms with Crippen molar-refractivity contribution in [3.05, 3.63) is 56.7 Å². The van der Waals surface area contributed by atoms with Gasteiger partial charge in [0, 0.05) is 5.02 Å². The minimum atomic E-state index is -4.40. The molecule has 1 aromatic carbocycles. The molecule has 0 bridgehead atoms. The lowest BCUT2D eigenvalue weighted by atomic mass is 10.00. The van der Waals surface area contributed by atoms with Crippen molar-refractivity contribution in [3.8, 4) is 0 Å². The van der Waals surface area contributed by atoms with Crippen molar-refractivity contribution in [1.82, 2.24) is 0 Å². The zero-order chi connectivity index (χ0) is 13.3. The predicted octanol–water partition coefficient (Wildman–Crippen LogP) is 4.89. The molecule has 2 N–H and O–H groups in total. The van der Waals surface area contributed by atoms with Gasteiger partial charge in [-0.3, -0.25) is 0 Å². The Morgan fingerprint density at radius 1 is 1.21 bits per heavy atom. The largest absolute Gasteiger partial charge is 0.416 e. The highest BCUT2D eigenvalue weighted by Gasteiger charge is 2.31. The summed E-state index contributed by atoms with van der Waals surface area (Å²) in [4.78, 5) is 0. The molecule has 0 aliphatic carbocycles. The number of halogens is 5. The number of hydrogen-bond donors (Lipinski definition) is 1. The maximum Gasteiger partial charge on any atom is 0.416 e. The predicted molar refractivity (Wildman–Crippen MR) is 74.1 cm³/mol. The molecule has 7 heteroatoms. The maximum absolute atomic E-state index is 12.6. The zero-order valence-corrected chi connectivity index (χ0v) is 11.8. The Morgan fingerprint density at radius 2 is 1.89 bits per heavy atom. The molecule has 0 radical (unpaired) electrons. The summed E-state index contributed by atoms with van der Waals surface area (Å²) in [6, 6.07) is 4.31. The van der Waals surface area contributed by atoms with Gasteiger partial charge in [-0.2, -0.15) is 24.5 Å². The zero-order valence-electron chi connectivity index (χ0n) is 9.45. The number of nitrogens with two attached hydrogens (primary N) is 1. The molecule has 0 amide bonds. The van der Waals surface area contributed by atoms with Gasteiger partial charge in [0.05, 0.1) is 11.6 Å². The molecule has 19 heavy (non-hydrogen) atoms. The van der Waals surface area contributed by atoms with Crippen LogP contribution in [-0.2, 0) is 6.18 Å². The summed E-state index contributed by atoms with van der Waals surface area (Å²) in [5, 5.41) is 3.85. The highest BCUT2D eigenvalue weighted by atomic mass is 35.5. The first kappa shape index (κ1) is 16.3. The summed E-state index contributed by atoms with van der Waals surface area (Å²) < 4.78 is 37.9. The van der Waals surface area contributed by atoms with Gasteiger partial charge in [-0.25, -0.2) is 0 Å². The first-order valence-electron chi connectivity index (χ1n) is 5.04. The van der Waals surface area contributed by atoms with Crippen LogP contribution in [0.1, 0.15) is 22.7 Å². The first-order valence-corrected chi connectivity index (χ1v) is 6.36. The molecule has 0 saturated heterocycles. The molecule has 1 nitrogen and oxygen atoms in total. The van der Waals surface area contributed by atoms with E-state index in [2.05, 4.69) is 0 Å². The second kappa shape index (κ2) is 6.13. The third-order valence-electron chi connectivity index (χ3n) is 2.56. The van der Waals surface area contributed by atoms with Crippen molar-refractivity contribution in [2.45, 2.75) is 12.2 Å². The standard InChI is InChI=1S/C12H9ClF3NS.ClH/c13-10-2-1-8(12(14,15)16)5-9(10)11(17)7-3-4-18-6-7;/h1-6,11H,17H2;1H/t11-;/m1./s1. The van der Waals surface area contributed by atoms with Gasteiger partial charge >= 0.3 is 6.18 Å². The highest BCUT2D eigenvalue weighted by Crippen LogP contribution is 2.35. The summed E-state index contributed by atoms with van der Waals surface area (Å²) in [5.41, 5.74) is 6.22. The van der Waals surface area contributed by atoms with E-state index in [1.54, 1.807) is 11.4 Å². The normalized spacial score (nSPS) is 12.9. The quantitative estimate of drug-likeness (QED) is 0.834. The van der Waals surface area contributed by atoms with Crippen LogP contribution in [0.4, 0.5) is 13.2 Å². The van der Waals surface area contributed by atoms with E-state index in [-0.39, 0.29) is 23.0 Å². The molecule has 1 atom stereocenters. The molecule has 1 aromatic heterocycles. The second-order valence-electron chi connectivity index (χ2n) is 3.77. The van der Waals surface area contributed by atoms with Crippen molar-refractivity contribution >= 4 is 35.3 Å². The van der Waals surface area contributed by atoms with E-state index in [0.717, 1.165) is 17.7 Å². The number of rotatable bonds is 2. The molecule has 0 unspecified atom stereocenters. The molecule has 0 saturated carbocycles. The van der Waals surface area contributed by atoms with Gasteiger partial charge in [-0.15, -0.1) is 12.4 Å². The van der Waals surface area contributed by atoms with Gasteiger partial charge in [0.15, 0.2) is 0 Å². The van der Waals surface area contributed by atoms with E-state index in [4.69, 9.17) is 17.3 Å². The van der Waals surface area contributed by atoms with E-state index < -0.39 is 17.8 Å². The summed E-state index contributed by atoms with van der Waals surface area (Å²) in [7, 11) is 0. The molecular formula is C12H10Cl2F3NS.